The van der Waals surface area contributed by atoms with Crippen molar-refractivity contribution in [2.75, 3.05) is 17.2 Å². The molecule has 5 aromatic rings. The molecule has 7 nitrogen and oxygen atoms in total. The molecule has 0 saturated heterocycles. The smallest absolute Gasteiger partial charge is 0.262 e. The van der Waals surface area contributed by atoms with E-state index in [1.165, 1.54) is 18.2 Å². The van der Waals surface area contributed by atoms with Crippen LogP contribution in [0, 0.1) is 5.82 Å². The van der Waals surface area contributed by atoms with Gasteiger partial charge in [-0.1, -0.05) is 36.4 Å². The first kappa shape index (κ1) is 22.8. The van der Waals surface area contributed by atoms with E-state index in [9.17, 15) is 14.0 Å². The van der Waals surface area contributed by atoms with E-state index < -0.39 is 17.6 Å². The summed E-state index contributed by atoms with van der Waals surface area (Å²) >= 11 is 0. The van der Waals surface area contributed by atoms with Crippen molar-refractivity contribution in [3.05, 3.63) is 108 Å². The van der Waals surface area contributed by atoms with Crippen LogP contribution in [0.5, 0.6) is 5.75 Å². The van der Waals surface area contributed by atoms with Crippen LogP contribution in [0.15, 0.2) is 97.1 Å². The van der Waals surface area contributed by atoms with Crippen molar-refractivity contribution in [3.63, 3.8) is 0 Å². The molecule has 0 atom stereocenters. The quantitative estimate of drug-likeness (QED) is 0.281. The minimum Gasteiger partial charge on any atom is -0.483 e. The van der Waals surface area contributed by atoms with Crippen LogP contribution in [-0.2, 0) is 4.79 Å². The second kappa shape index (κ2) is 10.1. The van der Waals surface area contributed by atoms with Gasteiger partial charge in [-0.3, -0.25) is 9.59 Å². The Hall–Kier alpha value is -4.98. The summed E-state index contributed by atoms with van der Waals surface area (Å²) in [6, 6.07) is 27.5. The lowest BCUT2D eigenvalue weighted by atomic mass is 10.1. The number of hydrogen-bond acceptors (Lipinski definition) is 4. The summed E-state index contributed by atoms with van der Waals surface area (Å²) in [5.74, 6) is -0.510. The molecule has 8 heteroatoms. The van der Waals surface area contributed by atoms with Gasteiger partial charge >= 0.3 is 0 Å². The van der Waals surface area contributed by atoms with E-state index >= 15 is 0 Å². The van der Waals surface area contributed by atoms with Crippen molar-refractivity contribution in [1.82, 2.24) is 9.97 Å². The zero-order valence-corrected chi connectivity index (χ0v) is 19.0. The molecule has 5 rings (SSSR count). The van der Waals surface area contributed by atoms with Crippen LogP contribution in [0.4, 0.5) is 15.8 Å². The number of ether oxygens (including phenoxy) is 1. The summed E-state index contributed by atoms with van der Waals surface area (Å²) in [4.78, 5) is 33.0. The molecule has 2 amide bonds. The number of nitrogens with zero attached hydrogens (tertiary/aromatic N) is 1. The van der Waals surface area contributed by atoms with Gasteiger partial charge in [0.1, 0.15) is 17.4 Å². The number of carbonyl (C=O) groups is 2. The van der Waals surface area contributed by atoms with Crippen molar-refractivity contribution in [2.24, 2.45) is 0 Å². The van der Waals surface area contributed by atoms with E-state index in [0.717, 1.165) is 22.4 Å². The normalized spacial score (nSPS) is 10.7. The molecule has 1 aromatic heterocycles. The number of hydrogen-bond donors (Lipinski definition) is 3. The first-order valence-electron chi connectivity index (χ1n) is 11.2. The zero-order valence-electron chi connectivity index (χ0n) is 19.0. The van der Waals surface area contributed by atoms with Gasteiger partial charge in [0.25, 0.3) is 11.8 Å². The maximum Gasteiger partial charge on any atom is 0.262 e. The van der Waals surface area contributed by atoms with Gasteiger partial charge in [0.05, 0.1) is 22.3 Å². The van der Waals surface area contributed by atoms with Gasteiger partial charge in [0.2, 0.25) is 0 Å². The van der Waals surface area contributed by atoms with Gasteiger partial charge in [0, 0.05) is 11.3 Å². The Labute approximate surface area is 206 Å². The van der Waals surface area contributed by atoms with Crippen LogP contribution in [0.1, 0.15) is 10.4 Å². The third kappa shape index (κ3) is 5.07. The fourth-order valence-corrected chi connectivity index (χ4v) is 3.67. The number of nitrogens with one attached hydrogen (secondary N) is 3. The highest BCUT2D eigenvalue weighted by atomic mass is 19.1. The lowest BCUT2D eigenvalue weighted by molar-refractivity contribution is -0.118. The highest BCUT2D eigenvalue weighted by Crippen LogP contribution is 2.24. The number of amides is 2. The number of halogens is 1. The first-order chi connectivity index (χ1) is 17.6. The molecule has 0 aliphatic heterocycles. The molecule has 0 aliphatic rings. The van der Waals surface area contributed by atoms with E-state index in [-0.39, 0.29) is 23.6 Å². The van der Waals surface area contributed by atoms with Crippen LogP contribution in [0.25, 0.3) is 22.4 Å². The number of benzene rings is 4. The molecular weight excluding hydrogens is 459 g/mol. The predicted molar refractivity (Wildman–Crippen MR) is 136 cm³/mol. The summed E-state index contributed by atoms with van der Waals surface area (Å²) in [5, 5.41) is 5.29. The van der Waals surface area contributed by atoms with Crippen molar-refractivity contribution < 1.29 is 18.7 Å². The monoisotopic (exact) mass is 480 g/mol. The molecule has 0 fully saturated rings. The zero-order chi connectivity index (χ0) is 24.9. The van der Waals surface area contributed by atoms with Crippen LogP contribution in [0.2, 0.25) is 0 Å². The molecule has 178 valence electrons. The molecule has 0 spiro atoms. The lowest BCUT2D eigenvalue weighted by Crippen LogP contribution is -2.22. The Bertz CT molecular complexity index is 1510. The van der Waals surface area contributed by atoms with Gasteiger partial charge in [-0.25, -0.2) is 9.37 Å². The van der Waals surface area contributed by atoms with Gasteiger partial charge in [-0.2, -0.15) is 0 Å². The molecule has 36 heavy (non-hydrogen) atoms. The number of fused-ring (bicyclic) bond motifs is 1. The largest absolute Gasteiger partial charge is 0.483 e. The topological polar surface area (TPSA) is 96.1 Å². The molecule has 1 heterocycles. The van der Waals surface area contributed by atoms with Crippen LogP contribution in [0.3, 0.4) is 0 Å². The lowest BCUT2D eigenvalue weighted by Gasteiger charge is -2.12. The molecule has 3 N–H and O–H groups in total. The molecule has 0 radical (unpaired) electrons. The van der Waals surface area contributed by atoms with E-state index in [0.29, 0.717) is 5.69 Å². The molecule has 4 aromatic carbocycles. The summed E-state index contributed by atoms with van der Waals surface area (Å²) in [7, 11) is 0. The molecule has 0 aliphatic carbocycles. The molecule has 0 bridgehead atoms. The van der Waals surface area contributed by atoms with Crippen molar-refractivity contribution in [1.29, 1.82) is 0 Å². The number of aromatic nitrogens is 2. The highest BCUT2D eigenvalue weighted by molar-refractivity contribution is 6.06. The average Bonchev–Trinajstić information content (AvgIpc) is 3.34. The number of carbonyl (C=O) groups excluding carboxylic acids is 2. The maximum atomic E-state index is 13.7. The van der Waals surface area contributed by atoms with Crippen LogP contribution < -0.4 is 15.4 Å². The number of para-hydroxylation sites is 4. The summed E-state index contributed by atoms with van der Waals surface area (Å²) in [6.07, 6.45) is 0. The first-order valence-corrected chi connectivity index (χ1v) is 11.2. The van der Waals surface area contributed by atoms with Gasteiger partial charge in [0.15, 0.2) is 6.61 Å². The summed E-state index contributed by atoms with van der Waals surface area (Å²) in [6.45, 7) is -0.384. The van der Waals surface area contributed by atoms with Gasteiger partial charge in [-0.05, 0) is 60.7 Å². The third-order valence-corrected chi connectivity index (χ3v) is 5.44. The number of anilines is 2. The Morgan fingerprint density at radius 3 is 2.36 bits per heavy atom. The minimum atomic E-state index is -0.545. The number of aromatic amines is 1. The van der Waals surface area contributed by atoms with Gasteiger partial charge in [-0.15, -0.1) is 0 Å². The highest BCUT2D eigenvalue weighted by Gasteiger charge is 2.15. The maximum absolute atomic E-state index is 13.7. The molecular formula is C28H21FN4O3. The minimum absolute atomic E-state index is 0.0585. The number of imidazole rings is 1. The Kier molecular flexibility index (Phi) is 6.40. The van der Waals surface area contributed by atoms with E-state index in [2.05, 4.69) is 20.6 Å². The Morgan fingerprint density at radius 2 is 1.56 bits per heavy atom. The van der Waals surface area contributed by atoms with E-state index in [1.54, 1.807) is 42.5 Å². The predicted octanol–water partition coefficient (Wildman–Crippen LogP) is 5.64. The standard InChI is InChI=1S/C28H21FN4O3/c29-21-8-2-3-9-22(21)31-26(34)17-36-25-12-6-1-7-20(25)28(35)30-19-15-13-18(14-16-19)27-32-23-10-4-5-11-24(23)33-27/h1-16H,17H2,(H,30,35)(H,31,34)(H,32,33). The van der Waals surface area contributed by atoms with Crippen LogP contribution in [-0.4, -0.2) is 28.4 Å². The Morgan fingerprint density at radius 1 is 0.833 bits per heavy atom. The summed E-state index contributed by atoms with van der Waals surface area (Å²) < 4.78 is 19.3. The Balaban J connectivity index is 1.24. The van der Waals surface area contributed by atoms with Crippen molar-refractivity contribution in [2.45, 2.75) is 0 Å². The van der Waals surface area contributed by atoms with Gasteiger partial charge < -0.3 is 20.4 Å². The SMILES string of the molecule is O=C(COc1ccccc1C(=O)Nc1ccc(-c2nc3ccccc3[nH]2)cc1)Nc1ccccc1F. The van der Waals surface area contributed by atoms with E-state index in [1.807, 2.05) is 36.4 Å². The average molecular weight is 480 g/mol. The van der Waals surface area contributed by atoms with Crippen molar-refractivity contribution in [3.8, 4) is 17.1 Å². The number of rotatable bonds is 7. The second-order valence-corrected chi connectivity index (χ2v) is 7.95. The van der Waals surface area contributed by atoms with Crippen molar-refractivity contribution >= 4 is 34.2 Å². The fourth-order valence-electron chi connectivity index (χ4n) is 3.67. The number of H-pyrrole nitrogens is 1. The third-order valence-electron chi connectivity index (χ3n) is 5.44. The summed E-state index contributed by atoms with van der Waals surface area (Å²) in [5.41, 5.74) is 3.62. The second-order valence-electron chi connectivity index (χ2n) is 7.95. The van der Waals surface area contributed by atoms with E-state index in [4.69, 9.17) is 4.74 Å². The van der Waals surface area contributed by atoms with Crippen LogP contribution >= 0.6 is 0 Å². The molecule has 0 unspecified atom stereocenters. The molecule has 0 saturated carbocycles. The fraction of sp³-hybridized carbons (Fsp3) is 0.0357.